The molecule has 4 nitrogen and oxygen atoms in total. The van der Waals surface area contributed by atoms with Gasteiger partial charge in [0.05, 0.1) is 18.1 Å². The highest BCUT2D eigenvalue weighted by atomic mass is 16.6. The minimum absolute atomic E-state index is 0.0464. The van der Waals surface area contributed by atoms with E-state index in [4.69, 9.17) is 4.74 Å². The largest absolute Gasteiger partial charge is 0.496 e. The molecule has 0 atom stereocenters. The van der Waals surface area contributed by atoms with Crippen molar-refractivity contribution in [3.8, 4) is 5.75 Å². The normalized spacial score (nSPS) is 10.5. The maximum atomic E-state index is 10.6. The Balaban J connectivity index is 3.11. The summed E-state index contributed by atoms with van der Waals surface area (Å²) in [7, 11) is 1.49. The predicted molar refractivity (Wildman–Crippen MR) is 59.0 cm³/mol. The van der Waals surface area contributed by atoms with Crippen molar-refractivity contribution in [3.63, 3.8) is 0 Å². The van der Waals surface area contributed by atoms with Gasteiger partial charge in [-0.3, -0.25) is 10.1 Å². The number of methoxy groups -OCH3 is 1. The molecule has 0 heterocycles. The quantitative estimate of drug-likeness (QED) is 0.563. The van der Waals surface area contributed by atoms with Gasteiger partial charge in [0.15, 0.2) is 0 Å². The van der Waals surface area contributed by atoms with E-state index >= 15 is 0 Å². The third kappa shape index (κ3) is 3.09. The summed E-state index contributed by atoms with van der Waals surface area (Å²) in [5.74, 6) is 0.500. The molecule has 0 radical (unpaired) electrons. The Hall–Kier alpha value is -1.84. The van der Waals surface area contributed by atoms with Crippen LogP contribution in [0.5, 0.6) is 5.75 Å². The standard InChI is InChI=1S/C11H13NO3/c1-3-4-5-9-6-10(12(13)14)8-11(7-9)15-2/h4-8H,3H2,1-2H3/b5-4+. The Bertz CT molecular complexity index is 385. The molecule has 0 N–H and O–H groups in total. The highest BCUT2D eigenvalue weighted by molar-refractivity contribution is 5.57. The molecule has 0 aliphatic heterocycles. The SMILES string of the molecule is CC/C=C/c1cc(OC)cc([N+](=O)[O-])c1. The lowest BCUT2D eigenvalue weighted by atomic mass is 10.1. The molecule has 0 bridgehead atoms. The lowest BCUT2D eigenvalue weighted by molar-refractivity contribution is -0.384. The van der Waals surface area contributed by atoms with Gasteiger partial charge in [-0.25, -0.2) is 0 Å². The third-order valence-corrected chi connectivity index (χ3v) is 1.91. The molecule has 0 amide bonds. The van der Waals surface area contributed by atoms with Gasteiger partial charge in [0, 0.05) is 6.07 Å². The van der Waals surface area contributed by atoms with E-state index in [1.165, 1.54) is 19.2 Å². The van der Waals surface area contributed by atoms with Crippen molar-refractivity contribution in [1.82, 2.24) is 0 Å². The molecule has 0 aliphatic rings. The highest BCUT2D eigenvalue weighted by Crippen LogP contribution is 2.23. The predicted octanol–water partition coefficient (Wildman–Crippen LogP) is 3.03. The smallest absolute Gasteiger partial charge is 0.273 e. The molecule has 80 valence electrons. The molecular weight excluding hydrogens is 194 g/mol. The van der Waals surface area contributed by atoms with Crippen molar-refractivity contribution in [2.75, 3.05) is 7.11 Å². The zero-order valence-corrected chi connectivity index (χ0v) is 8.77. The number of hydrogen-bond donors (Lipinski definition) is 0. The molecule has 0 saturated heterocycles. The average Bonchev–Trinajstić information content (AvgIpc) is 2.25. The summed E-state index contributed by atoms with van der Waals surface area (Å²) >= 11 is 0. The molecule has 1 aromatic carbocycles. The van der Waals surface area contributed by atoms with Gasteiger partial charge in [0.1, 0.15) is 5.75 Å². The number of non-ortho nitro benzene ring substituents is 1. The number of nitro groups is 1. The number of rotatable bonds is 4. The van der Waals surface area contributed by atoms with Crippen LogP contribution in [0.3, 0.4) is 0 Å². The van der Waals surface area contributed by atoms with E-state index in [0.717, 1.165) is 12.0 Å². The summed E-state index contributed by atoms with van der Waals surface area (Å²) in [6, 6.07) is 4.69. The van der Waals surface area contributed by atoms with Crippen molar-refractivity contribution in [1.29, 1.82) is 0 Å². The molecular formula is C11H13NO3. The van der Waals surface area contributed by atoms with E-state index in [0.29, 0.717) is 5.75 Å². The fraction of sp³-hybridized carbons (Fsp3) is 0.273. The molecule has 0 spiro atoms. The average molecular weight is 207 g/mol. The monoisotopic (exact) mass is 207 g/mol. The van der Waals surface area contributed by atoms with Crippen LogP contribution >= 0.6 is 0 Å². The zero-order chi connectivity index (χ0) is 11.3. The Kier molecular flexibility index (Phi) is 3.85. The fourth-order valence-electron chi connectivity index (χ4n) is 1.18. The maximum Gasteiger partial charge on any atom is 0.273 e. The van der Waals surface area contributed by atoms with E-state index in [-0.39, 0.29) is 5.69 Å². The van der Waals surface area contributed by atoms with Crippen molar-refractivity contribution in [2.24, 2.45) is 0 Å². The van der Waals surface area contributed by atoms with Gasteiger partial charge in [-0.05, 0) is 18.1 Å². The number of hydrogen-bond acceptors (Lipinski definition) is 3. The first kappa shape index (κ1) is 11.2. The van der Waals surface area contributed by atoms with Gasteiger partial charge in [-0.1, -0.05) is 19.1 Å². The zero-order valence-electron chi connectivity index (χ0n) is 8.77. The Morgan fingerprint density at radius 3 is 2.73 bits per heavy atom. The van der Waals surface area contributed by atoms with Crippen molar-refractivity contribution in [3.05, 3.63) is 40.0 Å². The van der Waals surface area contributed by atoms with Crippen LogP contribution < -0.4 is 4.74 Å². The van der Waals surface area contributed by atoms with E-state index < -0.39 is 4.92 Å². The van der Waals surface area contributed by atoms with E-state index in [1.54, 1.807) is 6.07 Å². The summed E-state index contributed by atoms with van der Waals surface area (Å²) in [6.45, 7) is 2.01. The second-order valence-corrected chi connectivity index (χ2v) is 3.03. The topological polar surface area (TPSA) is 52.4 Å². The lowest BCUT2D eigenvalue weighted by Gasteiger charge is -2.01. The first-order chi connectivity index (χ1) is 7.17. The lowest BCUT2D eigenvalue weighted by Crippen LogP contribution is -1.91. The highest BCUT2D eigenvalue weighted by Gasteiger charge is 2.08. The van der Waals surface area contributed by atoms with E-state index in [1.807, 2.05) is 19.1 Å². The summed E-state index contributed by atoms with van der Waals surface area (Å²) in [6.07, 6.45) is 4.68. The molecule has 0 saturated carbocycles. The minimum Gasteiger partial charge on any atom is -0.496 e. The van der Waals surface area contributed by atoms with Crippen LogP contribution in [-0.4, -0.2) is 12.0 Å². The van der Waals surface area contributed by atoms with Crippen LogP contribution in [-0.2, 0) is 0 Å². The van der Waals surface area contributed by atoms with Gasteiger partial charge >= 0.3 is 0 Å². The molecule has 0 aromatic heterocycles. The Morgan fingerprint density at radius 1 is 1.47 bits per heavy atom. The molecule has 1 aromatic rings. The molecule has 0 aliphatic carbocycles. The first-order valence-corrected chi connectivity index (χ1v) is 4.67. The van der Waals surface area contributed by atoms with E-state index in [2.05, 4.69) is 0 Å². The van der Waals surface area contributed by atoms with Crippen molar-refractivity contribution in [2.45, 2.75) is 13.3 Å². The number of benzene rings is 1. The van der Waals surface area contributed by atoms with Gasteiger partial charge in [-0.2, -0.15) is 0 Å². The summed E-state index contributed by atoms with van der Waals surface area (Å²) in [5.41, 5.74) is 0.827. The molecule has 4 heteroatoms. The first-order valence-electron chi connectivity index (χ1n) is 4.67. The number of ether oxygens (including phenoxy) is 1. The number of nitro benzene ring substituents is 1. The van der Waals surface area contributed by atoms with Crippen LogP contribution in [0, 0.1) is 10.1 Å². The summed E-state index contributed by atoms with van der Waals surface area (Å²) in [4.78, 5) is 10.2. The minimum atomic E-state index is -0.425. The van der Waals surface area contributed by atoms with Gasteiger partial charge in [-0.15, -0.1) is 0 Å². The molecule has 1 rings (SSSR count). The summed E-state index contributed by atoms with van der Waals surface area (Å²) in [5, 5.41) is 10.6. The molecule has 15 heavy (non-hydrogen) atoms. The Labute approximate surface area is 88.3 Å². The van der Waals surface area contributed by atoms with Gasteiger partial charge < -0.3 is 4.74 Å². The second-order valence-electron chi connectivity index (χ2n) is 3.03. The second kappa shape index (κ2) is 5.14. The number of nitrogens with zero attached hydrogens (tertiary/aromatic N) is 1. The van der Waals surface area contributed by atoms with Crippen LogP contribution in [0.2, 0.25) is 0 Å². The van der Waals surface area contributed by atoms with Gasteiger partial charge in [0.25, 0.3) is 5.69 Å². The van der Waals surface area contributed by atoms with Crippen LogP contribution in [0.1, 0.15) is 18.9 Å². The van der Waals surface area contributed by atoms with Crippen LogP contribution in [0.25, 0.3) is 6.08 Å². The van der Waals surface area contributed by atoms with Crippen LogP contribution in [0.15, 0.2) is 24.3 Å². The third-order valence-electron chi connectivity index (χ3n) is 1.91. The van der Waals surface area contributed by atoms with Crippen LogP contribution in [0.4, 0.5) is 5.69 Å². The van der Waals surface area contributed by atoms with E-state index in [9.17, 15) is 10.1 Å². The molecule has 0 fully saturated rings. The van der Waals surface area contributed by atoms with Crippen molar-refractivity contribution >= 4 is 11.8 Å². The Morgan fingerprint density at radius 2 is 2.20 bits per heavy atom. The number of allylic oxidation sites excluding steroid dienone is 1. The maximum absolute atomic E-state index is 10.6. The fourth-order valence-corrected chi connectivity index (χ4v) is 1.18. The van der Waals surface area contributed by atoms with Gasteiger partial charge in [0.2, 0.25) is 0 Å². The summed E-state index contributed by atoms with van der Waals surface area (Å²) < 4.78 is 4.99. The van der Waals surface area contributed by atoms with Crippen molar-refractivity contribution < 1.29 is 9.66 Å². The molecule has 0 unspecified atom stereocenters.